The van der Waals surface area contributed by atoms with Gasteiger partial charge >= 0.3 is 0 Å². The number of likely N-dealkylation sites (N-methyl/N-ethyl adjacent to an activating group) is 1. The number of ether oxygens (including phenoxy) is 1. The van der Waals surface area contributed by atoms with Gasteiger partial charge in [0.1, 0.15) is 5.75 Å². The van der Waals surface area contributed by atoms with E-state index in [1.807, 2.05) is 11.8 Å². The molecule has 4 heteroatoms. The topological polar surface area (TPSA) is 55.6 Å². The number of hydrogen-bond donors (Lipinski definition) is 1. The van der Waals surface area contributed by atoms with Crippen LogP contribution in [0.1, 0.15) is 27.2 Å². The van der Waals surface area contributed by atoms with Crippen LogP contribution in [0.5, 0.6) is 5.75 Å². The van der Waals surface area contributed by atoms with Crippen molar-refractivity contribution >= 4 is 11.6 Å². The molecule has 2 N–H and O–H groups in total. The second-order valence-corrected chi connectivity index (χ2v) is 4.80. The van der Waals surface area contributed by atoms with E-state index in [1.165, 1.54) is 0 Å². The number of nitrogen functional groups attached to an aromatic ring is 1. The van der Waals surface area contributed by atoms with Gasteiger partial charge in [-0.25, -0.2) is 0 Å². The molecule has 0 radical (unpaired) electrons. The van der Waals surface area contributed by atoms with E-state index >= 15 is 0 Å². The highest BCUT2D eigenvalue weighted by Crippen LogP contribution is 2.13. The minimum Gasteiger partial charge on any atom is -0.484 e. The molecule has 0 aliphatic carbocycles. The molecule has 1 atom stereocenters. The van der Waals surface area contributed by atoms with Gasteiger partial charge in [-0.3, -0.25) is 4.79 Å². The fourth-order valence-electron chi connectivity index (χ4n) is 1.71. The molecule has 0 spiro atoms. The fourth-order valence-corrected chi connectivity index (χ4v) is 1.71. The first kappa shape index (κ1) is 15.3. The summed E-state index contributed by atoms with van der Waals surface area (Å²) in [6.07, 6.45) is 1.07. The monoisotopic (exact) mass is 264 g/mol. The predicted octanol–water partition coefficient (Wildman–Crippen LogP) is 2.54. The highest BCUT2D eigenvalue weighted by molar-refractivity contribution is 5.77. The van der Waals surface area contributed by atoms with Crippen molar-refractivity contribution in [1.82, 2.24) is 4.90 Å². The number of anilines is 1. The van der Waals surface area contributed by atoms with Crippen LogP contribution in [0.25, 0.3) is 0 Å². The first-order valence-corrected chi connectivity index (χ1v) is 6.82. The number of carbonyl (C=O) groups excluding carboxylic acids is 1. The molecule has 1 rings (SSSR count). The molecule has 0 aliphatic rings. The molecule has 0 heterocycles. The summed E-state index contributed by atoms with van der Waals surface area (Å²) in [5.41, 5.74) is 6.28. The van der Waals surface area contributed by atoms with Gasteiger partial charge in [0, 0.05) is 18.8 Å². The molecule has 1 aromatic rings. The molecule has 0 saturated carbocycles. The van der Waals surface area contributed by atoms with Crippen molar-refractivity contribution in [1.29, 1.82) is 0 Å². The summed E-state index contributed by atoms with van der Waals surface area (Å²) >= 11 is 0. The molecular weight excluding hydrogens is 240 g/mol. The number of nitrogens with two attached hydrogens (primary N) is 1. The van der Waals surface area contributed by atoms with E-state index in [1.54, 1.807) is 24.3 Å². The van der Waals surface area contributed by atoms with Gasteiger partial charge in [0.2, 0.25) is 0 Å². The summed E-state index contributed by atoms with van der Waals surface area (Å²) in [7, 11) is 0. The molecule has 1 amide bonds. The smallest absolute Gasteiger partial charge is 0.260 e. The Kier molecular flexibility index (Phi) is 6.19. The lowest BCUT2D eigenvalue weighted by atomic mass is 10.1. The Morgan fingerprint density at radius 1 is 1.32 bits per heavy atom. The minimum absolute atomic E-state index is 0.0274. The Morgan fingerprint density at radius 2 is 1.95 bits per heavy atom. The van der Waals surface area contributed by atoms with Crippen molar-refractivity contribution in [3.05, 3.63) is 24.3 Å². The maximum absolute atomic E-state index is 12.0. The van der Waals surface area contributed by atoms with Gasteiger partial charge in [-0.15, -0.1) is 0 Å². The van der Waals surface area contributed by atoms with Gasteiger partial charge in [-0.05, 0) is 37.1 Å². The minimum atomic E-state index is 0.0274. The SMILES string of the molecule is CCC(C)CN(CC)C(=O)COc1ccc(N)cc1. The Morgan fingerprint density at radius 3 is 2.47 bits per heavy atom. The molecule has 106 valence electrons. The molecule has 19 heavy (non-hydrogen) atoms. The Labute approximate surface area is 115 Å². The Balaban J connectivity index is 2.46. The second-order valence-electron chi connectivity index (χ2n) is 4.80. The lowest BCUT2D eigenvalue weighted by Gasteiger charge is -2.24. The average Bonchev–Trinajstić information content (AvgIpc) is 2.43. The molecule has 0 aromatic heterocycles. The highest BCUT2D eigenvalue weighted by atomic mass is 16.5. The largest absolute Gasteiger partial charge is 0.484 e. The van der Waals surface area contributed by atoms with Crippen molar-refractivity contribution in [2.45, 2.75) is 27.2 Å². The summed E-state index contributed by atoms with van der Waals surface area (Å²) in [6, 6.07) is 7.06. The molecular formula is C15H24N2O2. The van der Waals surface area contributed by atoms with Crippen molar-refractivity contribution in [3.63, 3.8) is 0 Å². The zero-order chi connectivity index (χ0) is 14.3. The molecule has 1 aromatic carbocycles. The van der Waals surface area contributed by atoms with Crippen LogP contribution in [-0.2, 0) is 4.79 Å². The number of rotatable bonds is 7. The quantitative estimate of drug-likeness (QED) is 0.770. The lowest BCUT2D eigenvalue weighted by molar-refractivity contribution is -0.133. The summed E-state index contributed by atoms with van der Waals surface area (Å²) in [5.74, 6) is 1.21. The zero-order valence-corrected chi connectivity index (χ0v) is 12.1. The maximum Gasteiger partial charge on any atom is 0.260 e. The highest BCUT2D eigenvalue weighted by Gasteiger charge is 2.14. The van der Waals surface area contributed by atoms with E-state index in [9.17, 15) is 4.79 Å². The maximum atomic E-state index is 12.0. The third-order valence-electron chi connectivity index (χ3n) is 3.21. The van der Waals surface area contributed by atoms with Gasteiger partial charge in [0.05, 0.1) is 0 Å². The van der Waals surface area contributed by atoms with Crippen LogP contribution in [0.4, 0.5) is 5.69 Å². The molecule has 0 fully saturated rings. The van der Waals surface area contributed by atoms with Crippen LogP contribution in [0.2, 0.25) is 0 Å². The van der Waals surface area contributed by atoms with Crippen LogP contribution in [0.15, 0.2) is 24.3 Å². The van der Waals surface area contributed by atoms with Gasteiger partial charge < -0.3 is 15.4 Å². The van der Waals surface area contributed by atoms with E-state index in [4.69, 9.17) is 10.5 Å². The first-order chi connectivity index (χ1) is 9.06. The van der Waals surface area contributed by atoms with Crippen molar-refractivity contribution in [2.75, 3.05) is 25.4 Å². The predicted molar refractivity (Wildman–Crippen MR) is 78.1 cm³/mol. The Hall–Kier alpha value is -1.71. The van der Waals surface area contributed by atoms with E-state index in [2.05, 4.69) is 13.8 Å². The summed E-state index contributed by atoms with van der Waals surface area (Å²) in [5, 5.41) is 0. The lowest BCUT2D eigenvalue weighted by Crippen LogP contribution is -2.37. The van der Waals surface area contributed by atoms with Crippen molar-refractivity contribution in [3.8, 4) is 5.75 Å². The van der Waals surface area contributed by atoms with Crippen molar-refractivity contribution in [2.24, 2.45) is 5.92 Å². The normalized spacial score (nSPS) is 11.9. The number of hydrogen-bond acceptors (Lipinski definition) is 3. The van der Waals surface area contributed by atoms with Gasteiger partial charge in [-0.2, -0.15) is 0 Å². The van der Waals surface area contributed by atoms with Gasteiger partial charge in [0.25, 0.3) is 5.91 Å². The van der Waals surface area contributed by atoms with Crippen LogP contribution in [-0.4, -0.2) is 30.5 Å². The standard InChI is InChI=1S/C15H24N2O2/c1-4-12(3)10-17(5-2)15(18)11-19-14-8-6-13(16)7-9-14/h6-9,12H,4-5,10-11,16H2,1-3H3. The van der Waals surface area contributed by atoms with Gasteiger partial charge in [-0.1, -0.05) is 20.3 Å². The number of carbonyl (C=O) groups is 1. The van der Waals surface area contributed by atoms with E-state index < -0.39 is 0 Å². The molecule has 0 bridgehead atoms. The number of amides is 1. The van der Waals surface area contributed by atoms with E-state index in [0.29, 0.717) is 23.9 Å². The van der Waals surface area contributed by atoms with Crippen LogP contribution >= 0.6 is 0 Å². The Bertz CT molecular complexity index is 390. The van der Waals surface area contributed by atoms with Crippen LogP contribution in [0, 0.1) is 5.92 Å². The number of nitrogens with zero attached hydrogens (tertiary/aromatic N) is 1. The van der Waals surface area contributed by atoms with E-state index in [-0.39, 0.29) is 12.5 Å². The first-order valence-electron chi connectivity index (χ1n) is 6.82. The summed E-state index contributed by atoms with van der Waals surface area (Å²) in [6.45, 7) is 7.85. The fraction of sp³-hybridized carbons (Fsp3) is 0.533. The number of benzene rings is 1. The molecule has 4 nitrogen and oxygen atoms in total. The van der Waals surface area contributed by atoms with Crippen molar-refractivity contribution < 1.29 is 9.53 Å². The summed E-state index contributed by atoms with van der Waals surface area (Å²) in [4.78, 5) is 13.9. The zero-order valence-electron chi connectivity index (χ0n) is 12.1. The van der Waals surface area contributed by atoms with Gasteiger partial charge in [0.15, 0.2) is 6.61 Å². The van der Waals surface area contributed by atoms with Crippen LogP contribution < -0.4 is 10.5 Å². The van der Waals surface area contributed by atoms with Crippen LogP contribution in [0.3, 0.4) is 0 Å². The summed E-state index contributed by atoms with van der Waals surface area (Å²) < 4.78 is 5.47. The van der Waals surface area contributed by atoms with E-state index in [0.717, 1.165) is 13.0 Å². The third kappa shape index (κ3) is 5.20. The third-order valence-corrected chi connectivity index (χ3v) is 3.21. The average molecular weight is 264 g/mol. The molecule has 0 saturated heterocycles. The second kappa shape index (κ2) is 7.67. The molecule has 0 aliphatic heterocycles. The molecule has 1 unspecified atom stereocenters.